The van der Waals surface area contributed by atoms with E-state index in [4.69, 9.17) is 9.47 Å². The Morgan fingerprint density at radius 2 is 1.79 bits per heavy atom. The van der Waals surface area contributed by atoms with Gasteiger partial charge in [0.25, 0.3) is 5.91 Å². The maximum atomic E-state index is 13.3. The lowest BCUT2D eigenvalue weighted by molar-refractivity contribution is 0.0666. The van der Waals surface area contributed by atoms with Gasteiger partial charge in [0.15, 0.2) is 11.5 Å². The highest BCUT2D eigenvalue weighted by Crippen LogP contribution is 2.36. The van der Waals surface area contributed by atoms with Gasteiger partial charge in [0, 0.05) is 12.2 Å². The highest BCUT2D eigenvalue weighted by atomic mass is 16.7. The second-order valence-corrected chi connectivity index (χ2v) is 7.12. The zero-order chi connectivity index (χ0) is 19.1. The fraction of sp³-hybridized carbons (Fsp3) is 0.174. The molecule has 1 N–H and O–H groups in total. The summed E-state index contributed by atoms with van der Waals surface area (Å²) in [6.07, 6.45) is -0.242. The molecule has 0 spiro atoms. The van der Waals surface area contributed by atoms with Gasteiger partial charge in [0.05, 0.1) is 5.56 Å². The number of anilines is 1. The monoisotopic (exact) mass is 372 g/mol. The molecule has 0 saturated heterocycles. The molecule has 0 radical (unpaired) electrons. The molecule has 0 aliphatic carbocycles. The third kappa shape index (κ3) is 2.85. The van der Waals surface area contributed by atoms with Crippen LogP contribution in [-0.4, -0.2) is 17.6 Å². The van der Waals surface area contributed by atoms with Crippen molar-refractivity contribution in [3.63, 3.8) is 0 Å². The first kappa shape index (κ1) is 16.7. The van der Waals surface area contributed by atoms with Crippen LogP contribution < -0.4 is 14.8 Å². The average Bonchev–Trinajstić information content (AvgIpc) is 3.18. The van der Waals surface area contributed by atoms with E-state index in [-0.39, 0.29) is 18.9 Å². The molecule has 3 aromatic rings. The molecule has 2 aliphatic heterocycles. The molecule has 0 bridgehead atoms. The smallest absolute Gasteiger partial charge is 0.258 e. The molecule has 5 rings (SSSR count). The van der Waals surface area contributed by atoms with Gasteiger partial charge in [-0.3, -0.25) is 4.79 Å². The van der Waals surface area contributed by atoms with E-state index in [0.717, 1.165) is 28.3 Å². The second-order valence-electron chi connectivity index (χ2n) is 7.12. The number of carbonyl (C=O) groups excluding carboxylic acids is 1. The van der Waals surface area contributed by atoms with E-state index in [1.807, 2.05) is 47.4 Å². The number of hydrogen-bond donors (Lipinski definition) is 1. The van der Waals surface area contributed by atoms with Crippen LogP contribution >= 0.6 is 0 Å². The molecule has 140 valence electrons. The fourth-order valence-corrected chi connectivity index (χ4v) is 3.70. The standard InChI is InChI=1S/C23H20N2O3/c1-15-6-9-17(10-7-15)22-24-19-5-3-2-4-18(19)23(26)25(22)13-16-8-11-20-21(12-16)28-14-27-20/h2-12,22,24H,13-14H2,1H3/t22-/m0/s1. The number of hydrogen-bond acceptors (Lipinski definition) is 4. The fourth-order valence-electron chi connectivity index (χ4n) is 3.70. The zero-order valence-corrected chi connectivity index (χ0v) is 15.5. The normalized spacial score (nSPS) is 17.2. The first-order valence-electron chi connectivity index (χ1n) is 9.31. The lowest BCUT2D eigenvalue weighted by atomic mass is 10.0. The minimum atomic E-state index is -0.242. The molecule has 5 heteroatoms. The molecule has 28 heavy (non-hydrogen) atoms. The molecule has 0 aromatic heterocycles. The molecule has 1 amide bonds. The molecule has 1 atom stereocenters. The Labute approximate surface area is 163 Å². The van der Waals surface area contributed by atoms with E-state index in [1.54, 1.807) is 0 Å². The number of rotatable bonds is 3. The topological polar surface area (TPSA) is 50.8 Å². The van der Waals surface area contributed by atoms with Gasteiger partial charge in [-0.25, -0.2) is 0 Å². The van der Waals surface area contributed by atoms with Gasteiger partial charge in [-0.2, -0.15) is 0 Å². The Morgan fingerprint density at radius 1 is 1.00 bits per heavy atom. The van der Waals surface area contributed by atoms with Gasteiger partial charge in [0.1, 0.15) is 6.17 Å². The van der Waals surface area contributed by atoms with Crippen LogP contribution in [0, 0.1) is 6.92 Å². The van der Waals surface area contributed by atoms with Gasteiger partial charge < -0.3 is 19.7 Å². The average molecular weight is 372 g/mol. The highest BCUT2D eigenvalue weighted by Gasteiger charge is 2.33. The Kier molecular flexibility index (Phi) is 3.93. The molecular formula is C23H20N2O3. The molecule has 3 aromatic carbocycles. The van der Waals surface area contributed by atoms with Crippen LogP contribution in [0.3, 0.4) is 0 Å². The molecular weight excluding hydrogens is 352 g/mol. The van der Waals surface area contributed by atoms with Gasteiger partial charge >= 0.3 is 0 Å². The molecule has 2 aliphatic rings. The largest absolute Gasteiger partial charge is 0.454 e. The van der Waals surface area contributed by atoms with Crippen molar-refractivity contribution in [1.29, 1.82) is 0 Å². The van der Waals surface area contributed by atoms with Gasteiger partial charge in [-0.05, 0) is 42.3 Å². The molecule has 2 heterocycles. The number of ether oxygens (including phenoxy) is 2. The Hall–Kier alpha value is -3.47. The van der Waals surface area contributed by atoms with Crippen molar-refractivity contribution in [2.24, 2.45) is 0 Å². The SMILES string of the molecule is Cc1ccc([C@H]2Nc3ccccc3C(=O)N2Cc2ccc3c(c2)OCO3)cc1. The van der Waals surface area contributed by atoms with Gasteiger partial charge in [-0.15, -0.1) is 0 Å². The third-order valence-electron chi connectivity index (χ3n) is 5.21. The second kappa shape index (κ2) is 6.60. The van der Waals surface area contributed by atoms with Crippen LogP contribution in [0.25, 0.3) is 0 Å². The summed E-state index contributed by atoms with van der Waals surface area (Å²) >= 11 is 0. The lowest BCUT2D eigenvalue weighted by Crippen LogP contribution is -2.42. The summed E-state index contributed by atoms with van der Waals surface area (Å²) in [5.74, 6) is 1.48. The number of aryl methyl sites for hydroxylation is 1. The highest BCUT2D eigenvalue weighted by molar-refractivity contribution is 6.01. The number of para-hydroxylation sites is 1. The maximum Gasteiger partial charge on any atom is 0.258 e. The summed E-state index contributed by atoms with van der Waals surface area (Å²) in [5, 5.41) is 3.53. The number of carbonyl (C=O) groups is 1. The van der Waals surface area contributed by atoms with E-state index in [9.17, 15) is 4.79 Å². The number of nitrogens with one attached hydrogen (secondary N) is 1. The van der Waals surface area contributed by atoms with Crippen molar-refractivity contribution >= 4 is 11.6 Å². The first-order valence-corrected chi connectivity index (χ1v) is 9.31. The quantitative estimate of drug-likeness (QED) is 0.736. The van der Waals surface area contributed by atoms with Crippen LogP contribution in [0.1, 0.15) is 33.2 Å². The summed E-state index contributed by atoms with van der Waals surface area (Å²) in [4.78, 5) is 15.2. The summed E-state index contributed by atoms with van der Waals surface area (Å²) < 4.78 is 10.9. The van der Waals surface area contributed by atoms with Crippen LogP contribution in [-0.2, 0) is 6.54 Å². The van der Waals surface area contributed by atoms with E-state index in [0.29, 0.717) is 12.1 Å². The van der Waals surface area contributed by atoms with Gasteiger partial charge in [0.2, 0.25) is 6.79 Å². The summed E-state index contributed by atoms with van der Waals surface area (Å²) in [5.41, 5.74) is 4.78. The summed E-state index contributed by atoms with van der Waals surface area (Å²) in [6.45, 7) is 2.76. The van der Waals surface area contributed by atoms with E-state index < -0.39 is 0 Å². The minimum absolute atomic E-state index is 0.0117. The predicted octanol–water partition coefficient (Wildman–Crippen LogP) is 4.49. The Bertz CT molecular complexity index is 1050. The molecule has 5 nitrogen and oxygen atoms in total. The van der Waals surface area contributed by atoms with E-state index in [2.05, 4.69) is 36.5 Å². The maximum absolute atomic E-state index is 13.3. The lowest BCUT2D eigenvalue weighted by Gasteiger charge is -2.38. The van der Waals surface area contributed by atoms with E-state index in [1.165, 1.54) is 5.56 Å². The van der Waals surface area contributed by atoms with Crippen LogP contribution in [0.5, 0.6) is 11.5 Å². The third-order valence-corrected chi connectivity index (χ3v) is 5.21. The zero-order valence-electron chi connectivity index (χ0n) is 15.5. The van der Waals surface area contributed by atoms with Crippen LogP contribution in [0.2, 0.25) is 0 Å². The first-order chi connectivity index (χ1) is 13.7. The van der Waals surface area contributed by atoms with Crippen LogP contribution in [0.4, 0.5) is 5.69 Å². The van der Waals surface area contributed by atoms with Crippen molar-refractivity contribution in [3.8, 4) is 11.5 Å². The van der Waals surface area contributed by atoms with Crippen LogP contribution in [0.15, 0.2) is 66.7 Å². The summed E-state index contributed by atoms with van der Waals surface area (Å²) in [7, 11) is 0. The van der Waals surface area contributed by atoms with Crippen molar-refractivity contribution < 1.29 is 14.3 Å². The van der Waals surface area contributed by atoms with Crippen molar-refractivity contribution in [2.45, 2.75) is 19.6 Å². The summed E-state index contributed by atoms with van der Waals surface area (Å²) in [6, 6.07) is 21.8. The van der Waals surface area contributed by atoms with Crippen molar-refractivity contribution in [3.05, 3.63) is 89.0 Å². The van der Waals surface area contributed by atoms with E-state index >= 15 is 0 Å². The Balaban J connectivity index is 1.53. The molecule has 0 fully saturated rings. The molecule has 0 unspecified atom stereocenters. The number of fused-ring (bicyclic) bond motifs is 2. The predicted molar refractivity (Wildman–Crippen MR) is 106 cm³/mol. The van der Waals surface area contributed by atoms with Crippen molar-refractivity contribution in [1.82, 2.24) is 4.90 Å². The minimum Gasteiger partial charge on any atom is -0.454 e. The number of nitrogens with zero attached hydrogens (tertiary/aromatic N) is 1. The number of amides is 1. The Morgan fingerprint density at radius 3 is 2.64 bits per heavy atom. The van der Waals surface area contributed by atoms with Crippen molar-refractivity contribution in [2.75, 3.05) is 12.1 Å². The van der Waals surface area contributed by atoms with Gasteiger partial charge in [-0.1, -0.05) is 48.0 Å². The number of benzene rings is 3. The molecule has 0 saturated carbocycles.